The molecular formula is C18H25FN2O5S. The molecule has 0 radical (unpaired) electrons. The molecule has 1 N–H and O–H groups in total. The smallest absolute Gasteiger partial charge is 0.305 e. The van der Waals surface area contributed by atoms with Gasteiger partial charge in [0.05, 0.1) is 17.9 Å². The molecule has 1 aliphatic heterocycles. The number of halogens is 1. The zero-order valence-corrected chi connectivity index (χ0v) is 16.1. The molecule has 2 rings (SSSR count). The van der Waals surface area contributed by atoms with Gasteiger partial charge in [-0.25, -0.2) is 12.8 Å². The Balaban J connectivity index is 1.86. The lowest BCUT2D eigenvalue weighted by atomic mass is 9.99. The first-order chi connectivity index (χ1) is 12.8. The van der Waals surface area contributed by atoms with Crippen LogP contribution >= 0.6 is 0 Å². The number of unbranched alkanes of at least 4 members (excludes halogenated alkanes) is 1. The third kappa shape index (κ3) is 6.00. The van der Waals surface area contributed by atoms with E-state index in [0.717, 1.165) is 12.1 Å². The standard InChI is InChI=1S/C18H25FN2O5S/c1-26-17(22)6-2-3-11-20-18(23)14-5-4-12-21(13-14)27(24,25)16-9-7-15(19)8-10-16/h7-10,14H,2-6,11-13H2,1H3,(H,20,23). The number of piperidine rings is 1. The van der Waals surface area contributed by atoms with Gasteiger partial charge < -0.3 is 10.1 Å². The normalized spacial score (nSPS) is 18.1. The highest BCUT2D eigenvalue weighted by atomic mass is 32.2. The molecule has 0 spiro atoms. The largest absolute Gasteiger partial charge is 0.469 e. The van der Waals surface area contributed by atoms with Crippen LogP contribution in [0.5, 0.6) is 0 Å². The van der Waals surface area contributed by atoms with Gasteiger partial charge in [0, 0.05) is 26.1 Å². The molecule has 1 aliphatic rings. The average molecular weight is 400 g/mol. The van der Waals surface area contributed by atoms with Gasteiger partial charge in [0.2, 0.25) is 15.9 Å². The second-order valence-corrected chi connectivity index (χ2v) is 8.42. The van der Waals surface area contributed by atoms with Gasteiger partial charge in [-0.2, -0.15) is 4.31 Å². The number of carbonyl (C=O) groups is 2. The maximum Gasteiger partial charge on any atom is 0.305 e. The lowest BCUT2D eigenvalue weighted by Gasteiger charge is -2.31. The van der Waals surface area contributed by atoms with Gasteiger partial charge in [0.1, 0.15) is 5.82 Å². The molecule has 7 nitrogen and oxygen atoms in total. The minimum absolute atomic E-state index is 0.0211. The van der Waals surface area contributed by atoms with E-state index in [0.29, 0.717) is 45.2 Å². The van der Waals surface area contributed by atoms with Gasteiger partial charge in [0.15, 0.2) is 0 Å². The highest BCUT2D eigenvalue weighted by Gasteiger charge is 2.33. The van der Waals surface area contributed by atoms with Crippen LogP contribution in [0.4, 0.5) is 4.39 Å². The van der Waals surface area contributed by atoms with Gasteiger partial charge in [-0.1, -0.05) is 0 Å². The number of ether oxygens (including phenoxy) is 1. The van der Waals surface area contributed by atoms with Gasteiger partial charge in [0.25, 0.3) is 0 Å². The SMILES string of the molecule is COC(=O)CCCCNC(=O)C1CCCN(S(=O)(=O)c2ccc(F)cc2)C1. The molecule has 9 heteroatoms. The second kappa shape index (κ2) is 9.80. The number of hydrogen-bond acceptors (Lipinski definition) is 5. The number of carbonyl (C=O) groups excluding carboxylic acids is 2. The Kier molecular flexibility index (Phi) is 7.73. The number of rotatable bonds is 8. The Bertz CT molecular complexity index is 752. The summed E-state index contributed by atoms with van der Waals surface area (Å²) in [6, 6.07) is 4.68. The summed E-state index contributed by atoms with van der Waals surface area (Å²) in [6.07, 6.45) is 2.76. The van der Waals surface area contributed by atoms with Crippen molar-refractivity contribution in [3.05, 3.63) is 30.1 Å². The van der Waals surface area contributed by atoms with Crippen LogP contribution in [0.2, 0.25) is 0 Å². The van der Waals surface area contributed by atoms with Gasteiger partial charge in [-0.15, -0.1) is 0 Å². The summed E-state index contributed by atoms with van der Waals surface area (Å²) in [6.45, 7) is 0.868. The Hall–Kier alpha value is -2.00. The van der Waals surface area contributed by atoms with Crippen molar-refractivity contribution in [3.63, 3.8) is 0 Å². The molecule has 1 atom stereocenters. The van der Waals surface area contributed by atoms with Crippen molar-refractivity contribution in [2.45, 2.75) is 37.0 Å². The van der Waals surface area contributed by atoms with Crippen LogP contribution in [0.25, 0.3) is 0 Å². The van der Waals surface area contributed by atoms with Crippen molar-refractivity contribution in [2.75, 3.05) is 26.7 Å². The van der Waals surface area contributed by atoms with Crippen molar-refractivity contribution in [1.82, 2.24) is 9.62 Å². The summed E-state index contributed by atoms with van der Waals surface area (Å²) in [5.41, 5.74) is 0. The fraction of sp³-hybridized carbons (Fsp3) is 0.556. The number of hydrogen-bond donors (Lipinski definition) is 1. The number of nitrogens with zero attached hydrogens (tertiary/aromatic N) is 1. The molecule has 0 aliphatic carbocycles. The first-order valence-electron chi connectivity index (χ1n) is 8.95. The maximum absolute atomic E-state index is 13.0. The van der Waals surface area contributed by atoms with E-state index in [1.165, 1.54) is 23.5 Å². The molecule has 0 aromatic heterocycles. The van der Waals surface area contributed by atoms with Crippen LogP contribution in [0, 0.1) is 11.7 Å². The average Bonchev–Trinajstić information content (AvgIpc) is 2.67. The van der Waals surface area contributed by atoms with Crippen molar-refractivity contribution in [2.24, 2.45) is 5.92 Å². The Morgan fingerprint density at radius 2 is 1.96 bits per heavy atom. The predicted octanol–water partition coefficient (Wildman–Crippen LogP) is 1.69. The summed E-state index contributed by atoms with van der Waals surface area (Å²) >= 11 is 0. The molecule has 150 valence electrons. The van der Waals surface area contributed by atoms with E-state index in [9.17, 15) is 22.4 Å². The van der Waals surface area contributed by atoms with Gasteiger partial charge >= 0.3 is 5.97 Å². The highest BCUT2D eigenvalue weighted by molar-refractivity contribution is 7.89. The molecule has 0 bridgehead atoms. The Morgan fingerprint density at radius 3 is 2.63 bits per heavy atom. The molecule has 1 aromatic rings. The Labute approximate surface area is 158 Å². The van der Waals surface area contributed by atoms with Crippen LogP contribution < -0.4 is 5.32 Å². The summed E-state index contributed by atoms with van der Waals surface area (Å²) in [4.78, 5) is 23.4. The quantitative estimate of drug-likeness (QED) is 0.529. The molecule has 1 saturated heterocycles. The topological polar surface area (TPSA) is 92.8 Å². The fourth-order valence-electron chi connectivity index (χ4n) is 2.98. The molecule has 27 heavy (non-hydrogen) atoms. The first-order valence-corrected chi connectivity index (χ1v) is 10.4. The van der Waals surface area contributed by atoms with Gasteiger partial charge in [-0.05, 0) is 49.9 Å². The van der Waals surface area contributed by atoms with Crippen molar-refractivity contribution in [3.8, 4) is 0 Å². The lowest BCUT2D eigenvalue weighted by Crippen LogP contribution is -2.45. The minimum Gasteiger partial charge on any atom is -0.469 e. The first kappa shape index (κ1) is 21.3. The van der Waals surface area contributed by atoms with E-state index < -0.39 is 21.8 Å². The maximum atomic E-state index is 13.0. The molecule has 1 heterocycles. The van der Waals surface area contributed by atoms with Crippen LogP contribution in [0.1, 0.15) is 32.1 Å². The van der Waals surface area contributed by atoms with E-state index in [4.69, 9.17) is 0 Å². The van der Waals surface area contributed by atoms with Crippen molar-refractivity contribution < 1.29 is 27.1 Å². The van der Waals surface area contributed by atoms with E-state index in [1.54, 1.807) is 0 Å². The monoisotopic (exact) mass is 400 g/mol. The number of methoxy groups -OCH3 is 1. The van der Waals surface area contributed by atoms with Crippen LogP contribution in [-0.2, 0) is 24.3 Å². The predicted molar refractivity (Wildman–Crippen MR) is 96.8 cm³/mol. The summed E-state index contributed by atoms with van der Waals surface area (Å²) in [7, 11) is -2.42. The van der Waals surface area contributed by atoms with Crippen molar-refractivity contribution >= 4 is 21.9 Å². The highest BCUT2D eigenvalue weighted by Crippen LogP contribution is 2.24. The lowest BCUT2D eigenvalue weighted by molar-refractivity contribution is -0.140. The molecule has 1 amide bonds. The van der Waals surface area contributed by atoms with Crippen molar-refractivity contribution in [1.29, 1.82) is 0 Å². The van der Waals surface area contributed by atoms with E-state index >= 15 is 0 Å². The van der Waals surface area contributed by atoms with E-state index in [-0.39, 0.29) is 23.3 Å². The van der Waals surface area contributed by atoms with E-state index in [1.807, 2.05) is 0 Å². The molecule has 1 unspecified atom stereocenters. The third-order valence-corrected chi connectivity index (χ3v) is 6.42. The summed E-state index contributed by atoms with van der Waals surface area (Å²) in [5, 5.41) is 2.80. The van der Waals surface area contributed by atoms with Crippen LogP contribution in [0.3, 0.4) is 0 Å². The number of sulfonamides is 1. The van der Waals surface area contributed by atoms with Gasteiger partial charge in [-0.3, -0.25) is 9.59 Å². The van der Waals surface area contributed by atoms with Crippen LogP contribution in [0.15, 0.2) is 29.2 Å². The van der Waals surface area contributed by atoms with E-state index in [2.05, 4.69) is 10.1 Å². The molecule has 1 fully saturated rings. The zero-order valence-electron chi connectivity index (χ0n) is 15.3. The number of benzene rings is 1. The fourth-order valence-corrected chi connectivity index (χ4v) is 4.51. The minimum atomic E-state index is -3.75. The molecule has 0 saturated carbocycles. The number of amides is 1. The Morgan fingerprint density at radius 1 is 1.26 bits per heavy atom. The third-order valence-electron chi connectivity index (χ3n) is 4.54. The zero-order chi connectivity index (χ0) is 19.9. The molecule has 1 aromatic carbocycles. The number of nitrogens with one attached hydrogen (secondary N) is 1. The summed E-state index contributed by atoms with van der Waals surface area (Å²) < 4.78 is 44.2. The van der Waals surface area contributed by atoms with Crippen LogP contribution in [-0.4, -0.2) is 51.3 Å². The molecular weight excluding hydrogens is 375 g/mol. The number of esters is 1. The summed E-state index contributed by atoms with van der Waals surface area (Å²) in [5.74, 6) is -1.39. The second-order valence-electron chi connectivity index (χ2n) is 6.48.